The molecule has 0 radical (unpaired) electrons. The highest BCUT2D eigenvalue weighted by atomic mass is 32.2. The van der Waals surface area contributed by atoms with E-state index in [4.69, 9.17) is 4.74 Å². The van der Waals surface area contributed by atoms with E-state index in [1.54, 1.807) is 19.3 Å². The maximum atomic E-state index is 12.4. The summed E-state index contributed by atoms with van der Waals surface area (Å²) < 4.78 is 5.95. The van der Waals surface area contributed by atoms with Crippen molar-refractivity contribution in [3.63, 3.8) is 0 Å². The molecule has 0 bridgehead atoms. The molecule has 1 aromatic heterocycles. The number of ether oxygens (including phenoxy) is 1. The van der Waals surface area contributed by atoms with Crippen LogP contribution in [-0.2, 0) is 9.53 Å². The SMILES string of the molecule is C[C@H](O)C1=NC(=O)C2SC(c3cn[nH]c3)=C3OCCCC1=C32. The van der Waals surface area contributed by atoms with Crippen LogP contribution in [0, 0.1) is 0 Å². The third-order valence-electron chi connectivity index (χ3n) is 4.01. The normalized spacial score (nSPS) is 25.6. The first-order valence-electron chi connectivity index (χ1n) is 7.24. The van der Waals surface area contributed by atoms with E-state index in [1.807, 2.05) is 0 Å². The molecule has 22 heavy (non-hydrogen) atoms. The second-order valence-electron chi connectivity index (χ2n) is 5.50. The molecule has 1 unspecified atom stereocenters. The van der Waals surface area contributed by atoms with Gasteiger partial charge >= 0.3 is 0 Å². The third-order valence-corrected chi connectivity index (χ3v) is 5.34. The zero-order valence-electron chi connectivity index (χ0n) is 12.0. The molecule has 2 atom stereocenters. The zero-order chi connectivity index (χ0) is 15.3. The standard InChI is InChI=1S/C15H15N3O3S/c1-7(19)11-9-3-2-4-21-12-10(9)14(15(20)18-11)22-13(12)8-5-16-17-6-8/h5-7,14,19H,2-4H2,1H3,(H,16,17)/t7-,14?/m0/s1. The lowest BCUT2D eigenvalue weighted by atomic mass is 9.90. The summed E-state index contributed by atoms with van der Waals surface area (Å²) in [4.78, 5) is 17.5. The van der Waals surface area contributed by atoms with Crippen molar-refractivity contribution in [2.24, 2.45) is 4.99 Å². The van der Waals surface area contributed by atoms with E-state index < -0.39 is 6.10 Å². The number of carbonyl (C=O) groups is 1. The average Bonchev–Trinajstić information content (AvgIpc) is 3.07. The number of H-pyrrole nitrogens is 1. The van der Waals surface area contributed by atoms with Crippen molar-refractivity contribution in [1.82, 2.24) is 10.2 Å². The van der Waals surface area contributed by atoms with Gasteiger partial charge in [-0.1, -0.05) is 0 Å². The molecule has 114 valence electrons. The minimum absolute atomic E-state index is 0.221. The van der Waals surface area contributed by atoms with Crippen molar-refractivity contribution < 1.29 is 14.6 Å². The number of aliphatic hydroxyl groups is 1. The number of carbonyl (C=O) groups excluding carboxylic acids is 1. The van der Waals surface area contributed by atoms with Crippen LogP contribution >= 0.6 is 11.8 Å². The van der Waals surface area contributed by atoms with Gasteiger partial charge in [0.15, 0.2) is 0 Å². The molecule has 4 heterocycles. The lowest BCUT2D eigenvalue weighted by Gasteiger charge is -2.22. The number of aliphatic hydroxyl groups excluding tert-OH is 1. The maximum absolute atomic E-state index is 12.4. The third kappa shape index (κ3) is 1.96. The van der Waals surface area contributed by atoms with Gasteiger partial charge in [-0.2, -0.15) is 5.10 Å². The van der Waals surface area contributed by atoms with Crippen LogP contribution in [0.15, 0.2) is 34.3 Å². The number of aromatic amines is 1. The Hall–Kier alpha value is -1.86. The molecule has 0 spiro atoms. The quantitative estimate of drug-likeness (QED) is 0.866. The number of allylic oxidation sites excluding steroid dienone is 1. The zero-order valence-corrected chi connectivity index (χ0v) is 12.8. The molecule has 7 heteroatoms. The monoisotopic (exact) mass is 317 g/mol. The topological polar surface area (TPSA) is 87.6 Å². The average molecular weight is 317 g/mol. The van der Waals surface area contributed by atoms with Gasteiger partial charge in [-0.15, -0.1) is 11.8 Å². The number of thioether (sulfide) groups is 1. The Morgan fingerprint density at radius 1 is 1.55 bits per heavy atom. The fraction of sp³-hybridized carbons (Fsp3) is 0.400. The van der Waals surface area contributed by atoms with Gasteiger partial charge < -0.3 is 9.84 Å². The Balaban J connectivity index is 1.92. The Labute approximate surface area is 131 Å². The second-order valence-corrected chi connectivity index (χ2v) is 6.61. The number of nitrogens with one attached hydrogen (secondary N) is 1. The molecule has 1 aromatic rings. The van der Waals surface area contributed by atoms with Crippen molar-refractivity contribution in [3.8, 4) is 0 Å². The summed E-state index contributed by atoms with van der Waals surface area (Å²) in [5, 5.41) is 16.4. The summed E-state index contributed by atoms with van der Waals surface area (Å²) in [6, 6.07) is 0. The van der Waals surface area contributed by atoms with Crippen LogP contribution in [0.1, 0.15) is 25.3 Å². The van der Waals surface area contributed by atoms with Gasteiger partial charge in [0, 0.05) is 17.3 Å². The van der Waals surface area contributed by atoms with E-state index in [0.29, 0.717) is 12.3 Å². The Bertz CT molecular complexity index is 731. The minimum Gasteiger partial charge on any atom is -0.492 e. The van der Waals surface area contributed by atoms with Crippen molar-refractivity contribution in [2.75, 3.05) is 6.61 Å². The fourth-order valence-electron chi connectivity index (χ4n) is 3.07. The predicted octanol–water partition coefficient (Wildman–Crippen LogP) is 1.66. The molecule has 0 aromatic carbocycles. The van der Waals surface area contributed by atoms with Crippen molar-refractivity contribution in [2.45, 2.75) is 31.1 Å². The van der Waals surface area contributed by atoms with E-state index in [1.165, 1.54) is 11.8 Å². The van der Waals surface area contributed by atoms with Gasteiger partial charge in [-0.25, -0.2) is 4.99 Å². The van der Waals surface area contributed by atoms with E-state index >= 15 is 0 Å². The first kappa shape index (κ1) is 13.8. The first-order valence-corrected chi connectivity index (χ1v) is 8.12. The Morgan fingerprint density at radius 3 is 3.14 bits per heavy atom. The largest absolute Gasteiger partial charge is 0.492 e. The molecule has 4 rings (SSSR count). The lowest BCUT2D eigenvalue weighted by Crippen LogP contribution is -2.31. The molecule has 0 saturated heterocycles. The molecule has 6 nitrogen and oxygen atoms in total. The number of aromatic nitrogens is 2. The summed E-state index contributed by atoms with van der Waals surface area (Å²) in [5.41, 5.74) is 3.27. The summed E-state index contributed by atoms with van der Waals surface area (Å²) in [6.45, 7) is 2.24. The van der Waals surface area contributed by atoms with Gasteiger partial charge in [0.2, 0.25) is 0 Å². The number of aliphatic imine (C=N–C) groups is 1. The van der Waals surface area contributed by atoms with Gasteiger partial charge in [-0.3, -0.25) is 9.89 Å². The first-order chi connectivity index (χ1) is 10.7. The molecule has 3 aliphatic rings. The van der Waals surface area contributed by atoms with Gasteiger partial charge in [0.05, 0.1) is 29.5 Å². The summed E-state index contributed by atoms with van der Waals surface area (Å²) in [7, 11) is 0. The molecule has 3 aliphatic heterocycles. The van der Waals surface area contributed by atoms with Crippen LogP contribution in [0.4, 0.5) is 0 Å². The molecule has 2 N–H and O–H groups in total. The van der Waals surface area contributed by atoms with Crippen LogP contribution in [0.2, 0.25) is 0 Å². The molecular weight excluding hydrogens is 302 g/mol. The number of hydrogen-bond donors (Lipinski definition) is 2. The number of nitrogens with zero attached hydrogens (tertiary/aromatic N) is 2. The van der Waals surface area contributed by atoms with Crippen molar-refractivity contribution in [3.05, 3.63) is 34.9 Å². The second kappa shape index (κ2) is 5.10. The lowest BCUT2D eigenvalue weighted by molar-refractivity contribution is -0.116. The van der Waals surface area contributed by atoms with E-state index in [9.17, 15) is 9.90 Å². The van der Waals surface area contributed by atoms with Crippen LogP contribution < -0.4 is 0 Å². The number of rotatable bonds is 2. The molecular formula is C15H15N3O3S. The maximum Gasteiger partial charge on any atom is 0.264 e. The summed E-state index contributed by atoms with van der Waals surface area (Å²) in [6.07, 6.45) is 4.38. The Kier molecular flexibility index (Phi) is 3.19. The van der Waals surface area contributed by atoms with E-state index in [0.717, 1.165) is 40.2 Å². The highest BCUT2D eigenvalue weighted by Gasteiger charge is 2.44. The Morgan fingerprint density at radius 2 is 2.41 bits per heavy atom. The molecule has 0 saturated carbocycles. The minimum atomic E-state index is -0.755. The molecule has 0 fully saturated rings. The van der Waals surface area contributed by atoms with Gasteiger partial charge in [0.25, 0.3) is 5.91 Å². The predicted molar refractivity (Wildman–Crippen MR) is 83.2 cm³/mol. The number of dihydropyridines is 1. The molecule has 1 amide bonds. The van der Waals surface area contributed by atoms with Crippen LogP contribution in [0.25, 0.3) is 4.91 Å². The van der Waals surface area contributed by atoms with E-state index in [2.05, 4.69) is 15.2 Å². The molecule has 0 aliphatic carbocycles. The van der Waals surface area contributed by atoms with Gasteiger partial charge in [0.1, 0.15) is 11.0 Å². The smallest absolute Gasteiger partial charge is 0.264 e. The van der Waals surface area contributed by atoms with Gasteiger partial charge in [-0.05, 0) is 25.3 Å². The summed E-state index contributed by atoms with van der Waals surface area (Å²) in [5.74, 6) is 0.534. The fourth-order valence-corrected chi connectivity index (χ4v) is 4.35. The number of hydrogen-bond acceptors (Lipinski definition) is 5. The number of amides is 1. The van der Waals surface area contributed by atoms with Crippen molar-refractivity contribution >= 4 is 28.3 Å². The van der Waals surface area contributed by atoms with Crippen LogP contribution in [-0.4, -0.2) is 44.9 Å². The van der Waals surface area contributed by atoms with E-state index in [-0.39, 0.29) is 11.2 Å². The van der Waals surface area contributed by atoms with Crippen LogP contribution in [0.3, 0.4) is 0 Å². The highest BCUT2D eigenvalue weighted by Crippen LogP contribution is 2.51. The van der Waals surface area contributed by atoms with Crippen molar-refractivity contribution in [1.29, 1.82) is 0 Å². The highest BCUT2D eigenvalue weighted by molar-refractivity contribution is 8.10. The van der Waals surface area contributed by atoms with Crippen LogP contribution in [0.5, 0.6) is 0 Å². The summed E-state index contributed by atoms with van der Waals surface area (Å²) >= 11 is 1.46.